The molecule has 348 valence electrons. The first-order valence-corrected chi connectivity index (χ1v) is 23.2. The third-order valence-electron chi connectivity index (χ3n) is 13.0. The van der Waals surface area contributed by atoms with Crippen molar-refractivity contribution in [1.29, 1.82) is 5.26 Å². The van der Waals surface area contributed by atoms with Crippen LogP contribution in [0.2, 0.25) is 0 Å². The van der Waals surface area contributed by atoms with E-state index < -0.39 is 24.0 Å². The second-order valence-electron chi connectivity index (χ2n) is 17.3. The molecule has 0 bridgehead atoms. The number of aliphatic hydroxyl groups excluding tert-OH is 3. The second-order valence-corrected chi connectivity index (χ2v) is 17.3. The summed E-state index contributed by atoms with van der Waals surface area (Å²) in [7, 11) is 0. The smallest absolute Gasteiger partial charge is 0.254 e. The fraction of sp³-hybridized carbons (Fsp3) is 0.529. The molecule has 2 aliphatic heterocycles. The summed E-state index contributed by atoms with van der Waals surface area (Å²) in [6.07, 6.45) is 10.7. The number of amides is 1. The Labute approximate surface area is 382 Å². The molecule has 2 aromatic carbocycles. The van der Waals surface area contributed by atoms with Gasteiger partial charge < -0.3 is 48.7 Å². The molecule has 3 heterocycles. The number of oxime groups is 1. The lowest BCUT2D eigenvalue weighted by molar-refractivity contribution is -0.255. The van der Waals surface area contributed by atoms with Gasteiger partial charge in [-0.05, 0) is 117 Å². The molecule has 3 aromatic rings. The summed E-state index contributed by atoms with van der Waals surface area (Å²) in [6.45, 7) is 7.21. The highest BCUT2D eigenvalue weighted by Gasteiger charge is 2.65. The number of aliphatic hydroxyl groups is 3. The number of rotatable bonds is 23. The number of allylic oxidation sites excluding steroid dienone is 1. The highest BCUT2D eigenvalue weighted by Crippen LogP contribution is 2.62. The molecule has 0 radical (unpaired) electrons. The van der Waals surface area contributed by atoms with Crippen LogP contribution in [0.3, 0.4) is 0 Å². The van der Waals surface area contributed by atoms with Gasteiger partial charge >= 0.3 is 0 Å². The monoisotopic (exact) mass is 892 g/mol. The number of hydrogen-bond acceptors (Lipinski definition) is 13. The van der Waals surface area contributed by atoms with Gasteiger partial charge in [-0.25, -0.2) is 0 Å². The summed E-state index contributed by atoms with van der Waals surface area (Å²) < 4.78 is 32.8. The predicted molar refractivity (Wildman–Crippen MR) is 243 cm³/mol. The highest BCUT2D eigenvalue weighted by molar-refractivity contribution is 6.03. The minimum Gasteiger partial charge on any atom is -0.487 e. The molecule has 1 saturated heterocycles. The molecule has 2 aliphatic carbocycles. The second kappa shape index (κ2) is 23.4. The summed E-state index contributed by atoms with van der Waals surface area (Å²) in [6, 6.07) is 19.6. The number of ether oxygens (including phenoxy) is 5. The maximum Gasteiger partial charge on any atom is 0.254 e. The van der Waals surface area contributed by atoms with Gasteiger partial charge in [-0.3, -0.25) is 9.78 Å². The summed E-state index contributed by atoms with van der Waals surface area (Å²) in [4.78, 5) is 27.8. The Balaban J connectivity index is 1.43. The molecule has 2 fully saturated rings. The number of nitrogens with zero attached hydrogens (tertiary/aromatic N) is 4. The SMILES string of the molecule is C=CCOC12Oc3ccc(OCc4cccc(C)n4)cc3C3C(CCCCO)C(CCCCO)C=C(C(=NOC4CCCCO4)CC1N(CCOCCO)C(=O)c1ccc(C#N)cc1)C32. The normalized spacial score (nSPS) is 25.0. The minimum absolute atomic E-state index is 0.00944. The van der Waals surface area contributed by atoms with Gasteiger partial charge in [0.05, 0.1) is 62.0 Å². The molecule has 1 saturated carbocycles. The zero-order valence-corrected chi connectivity index (χ0v) is 37.5. The van der Waals surface area contributed by atoms with Crippen LogP contribution < -0.4 is 9.47 Å². The average molecular weight is 893 g/mol. The van der Waals surface area contributed by atoms with Gasteiger partial charge in [0.25, 0.3) is 5.91 Å². The lowest BCUT2D eigenvalue weighted by atomic mass is 9.55. The highest BCUT2D eigenvalue weighted by atomic mass is 16.8. The van der Waals surface area contributed by atoms with Gasteiger partial charge in [0.15, 0.2) is 0 Å². The minimum atomic E-state index is -1.50. The van der Waals surface area contributed by atoms with Crippen LogP contribution in [0.25, 0.3) is 0 Å². The number of carbonyl (C=O) groups excluding carboxylic acids is 1. The maximum absolute atomic E-state index is 15.1. The summed E-state index contributed by atoms with van der Waals surface area (Å²) in [5.74, 6) is -1.34. The van der Waals surface area contributed by atoms with E-state index in [1.54, 1.807) is 35.2 Å². The summed E-state index contributed by atoms with van der Waals surface area (Å²) in [5, 5.41) is 44.2. The fourth-order valence-corrected chi connectivity index (χ4v) is 10.1. The Morgan fingerprint density at radius 2 is 1.85 bits per heavy atom. The molecule has 1 aromatic heterocycles. The van der Waals surface area contributed by atoms with E-state index in [0.29, 0.717) is 54.2 Å². The molecule has 0 spiro atoms. The van der Waals surface area contributed by atoms with Gasteiger partial charge in [0.2, 0.25) is 12.1 Å². The fourth-order valence-electron chi connectivity index (χ4n) is 10.1. The Morgan fingerprint density at radius 1 is 1.03 bits per heavy atom. The topological polar surface area (TPSA) is 185 Å². The number of carbonyl (C=O) groups is 1. The van der Waals surface area contributed by atoms with Gasteiger partial charge in [-0.15, -0.1) is 6.58 Å². The molecule has 7 atom stereocenters. The lowest BCUT2D eigenvalue weighted by Crippen LogP contribution is -2.70. The van der Waals surface area contributed by atoms with Crippen molar-refractivity contribution >= 4 is 11.6 Å². The van der Waals surface area contributed by atoms with Crippen LogP contribution in [-0.4, -0.2) is 108 Å². The molecular formula is C51H64N4O10. The van der Waals surface area contributed by atoms with E-state index in [-0.39, 0.29) is 82.9 Å². The first kappa shape index (κ1) is 47.8. The van der Waals surface area contributed by atoms with E-state index >= 15 is 4.79 Å². The Kier molecular flexibility index (Phi) is 17.2. The Hall–Kier alpha value is -5.14. The van der Waals surface area contributed by atoms with E-state index in [4.69, 9.17) is 33.7 Å². The van der Waals surface area contributed by atoms with E-state index in [1.807, 2.05) is 37.3 Å². The van der Waals surface area contributed by atoms with Crippen LogP contribution in [-0.2, 0) is 25.7 Å². The zero-order chi connectivity index (χ0) is 45.6. The number of unbranched alkanes of at least 4 members (excludes halogenated alkanes) is 2. The summed E-state index contributed by atoms with van der Waals surface area (Å²) >= 11 is 0. The molecular weight excluding hydrogens is 829 g/mol. The molecule has 3 N–H and O–H groups in total. The van der Waals surface area contributed by atoms with Crippen molar-refractivity contribution < 1.29 is 48.6 Å². The first-order valence-electron chi connectivity index (χ1n) is 23.2. The summed E-state index contributed by atoms with van der Waals surface area (Å²) in [5.41, 5.74) is 4.97. The van der Waals surface area contributed by atoms with Gasteiger partial charge in [0.1, 0.15) is 24.1 Å². The molecule has 7 unspecified atom stereocenters. The lowest BCUT2D eigenvalue weighted by Gasteiger charge is -2.60. The molecule has 4 aliphatic rings. The molecule has 1 amide bonds. The number of aryl methyl sites for hydroxylation is 1. The van der Waals surface area contributed by atoms with Crippen molar-refractivity contribution in [3.05, 3.63) is 113 Å². The van der Waals surface area contributed by atoms with E-state index in [2.05, 4.69) is 29.8 Å². The van der Waals surface area contributed by atoms with Crippen molar-refractivity contribution in [2.45, 2.75) is 102 Å². The molecule has 7 rings (SSSR count). The van der Waals surface area contributed by atoms with Gasteiger partial charge in [-0.1, -0.05) is 36.2 Å². The Morgan fingerprint density at radius 3 is 2.57 bits per heavy atom. The van der Waals surface area contributed by atoms with Crippen LogP contribution in [0.5, 0.6) is 11.5 Å². The third kappa shape index (κ3) is 11.3. The number of benzene rings is 2. The molecule has 14 nitrogen and oxygen atoms in total. The van der Waals surface area contributed by atoms with Gasteiger partial charge in [0, 0.05) is 55.3 Å². The van der Waals surface area contributed by atoms with E-state index in [0.717, 1.165) is 61.0 Å². The standard InChI is InChI=1S/C51H64N4O10/c1-3-26-63-51-46(55(22-28-60-29-25-58)50(59)37-18-16-36(33-52)17-19-37)32-44(54-65-47-15-6-9-27-61-47)42-30-38(12-4-7-23-56)41(14-5-8-24-57)48(49(42)51)43-31-40(20-21-45(43)64-51)62-34-39-13-10-11-35(2)53-39/h3,10-11,13,16-21,30-31,38,41,46-49,56-58H,1,4-9,12,14-15,22-29,32,34H2,2H3. The van der Waals surface area contributed by atoms with Crippen molar-refractivity contribution in [3.8, 4) is 17.6 Å². The van der Waals surface area contributed by atoms with E-state index in [9.17, 15) is 20.6 Å². The van der Waals surface area contributed by atoms with Crippen molar-refractivity contribution in [2.24, 2.45) is 22.9 Å². The van der Waals surface area contributed by atoms with Crippen molar-refractivity contribution in [1.82, 2.24) is 9.88 Å². The van der Waals surface area contributed by atoms with Crippen molar-refractivity contribution in [2.75, 3.05) is 52.8 Å². The Bertz CT molecular complexity index is 2150. The largest absolute Gasteiger partial charge is 0.487 e. The molecule has 65 heavy (non-hydrogen) atoms. The van der Waals surface area contributed by atoms with Gasteiger partial charge in [-0.2, -0.15) is 5.26 Å². The van der Waals surface area contributed by atoms with Crippen LogP contribution in [0.4, 0.5) is 0 Å². The van der Waals surface area contributed by atoms with Crippen LogP contribution in [0.1, 0.15) is 103 Å². The number of nitriles is 1. The number of pyridine rings is 1. The average Bonchev–Trinajstić information content (AvgIpc) is 3.33. The zero-order valence-electron chi connectivity index (χ0n) is 37.5. The number of hydrogen-bond donors (Lipinski definition) is 3. The number of fused-ring (bicyclic) bond motifs is 2. The maximum atomic E-state index is 15.1. The van der Waals surface area contributed by atoms with E-state index in [1.165, 1.54) is 0 Å². The van der Waals surface area contributed by atoms with Crippen LogP contribution in [0.15, 0.2) is 90.1 Å². The first-order chi connectivity index (χ1) is 31.8. The quantitative estimate of drug-likeness (QED) is 0.0497. The predicted octanol–water partition coefficient (Wildman–Crippen LogP) is 7.15. The molecule has 14 heteroatoms. The van der Waals surface area contributed by atoms with Crippen molar-refractivity contribution in [3.63, 3.8) is 0 Å². The van der Waals surface area contributed by atoms with Crippen LogP contribution >= 0.6 is 0 Å². The number of aromatic nitrogens is 1. The third-order valence-corrected chi connectivity index (χ3v) is 13.0. The van der Waals surface area contributed by atoms with Crippen LogP contribution in [0, 0.1) is 36.0 Å².